The van der Waals surface area contributed by atoms with Crippen LogP contribution in [0.5, 0.6) is 0 Å². The third kappa shape index (κ3) is 4.00. The summed E-state index contributed by atoms with van der Waals surface area (Å²) in [6.07, 6.45) is 5.66. The summed E-state index contributed by atoms with van der Waals surface area (Å²) in [4.78, 5) is 11.8. The number of benzene rings is 1. The van der Waals surface area contributed by atoms with Crippen LogP contribution in [-0.4, -0.2) is 19.3 Å². The minimum atomic E-state index is -3.92. The fourth-order valence-electron chi connectivity index (χ4n) is 2.95. The molecule has 0 bridgehead atoms. The zero-order chi connectivity index (χ0) is 18.0. The number of carbonyl (C=O) groups excluding carboxylic acids is 1. The molecule has 5 nitrogen and oxygen atoms in total. The average Bonchev–Trinajstić information content (AvgIpc) is 2.90. The van der Waals surface area contributed by atoms with Crippen molar-refractivity contribution >= 4 is 50.8 Å². The van der Waals surface area contributed by atoms with Gasteiger partial charge in [0.2, 0.25) is 4.80 Å². The highest BCUT2D eigenvalue weighted by Crippen LogP contribution is 2.31. The largest absolute Gasteiger partial charge is 0.303 e. The number of carbonyl (C=O) groups is 1. The molecule has 0 saturated heterocycles. The predicted molar refractivity (Wildman–Crippen MR) is 99.0 cm³/mol. The lowest BCUT2D eigenvalue weighted by Crippen LogP contribution is -2.24. The second-order valence-electron chi connectivity index (χ2n) is 5.84. The molecule has 0 N–H and O–H groups in total. The van der Waals surface area contributed by atoms with Crippen molar-refractivity contribution in [2.24, 2.45) is 4.40 Å². The van der Waals surface area contributed by atoms with Crippen molar-refractivity contribution in [2.75, 3.05) is 0 Å². The van der Waals surface area contributed by atoms with Crippen LogP contribution < -0.4 is 4.80 Å². The van der Waals surface area contributed by atoms with E-state index in [2.05, 4.69) is 4.40 Å². The summed E-state index contributed by atoms with van der Waals surface area (Å²) in [5, 5.41) is 0.704. The Hall–Kier alpha value is -1.15. The van der Waals surface area contributed by atoms with E-state index in [0.717, 1.165) is 43.4 Å². The first-order valence-electron chi connectivity index (χ1n) is 7.85. The second-order valence-corrected chi connectivity index (χ2v) is 9.25. The van der Waals surface area contributed by atoms with E-state index in [0.29, 0.717) is 11.3 Å². The number of thiazole rings is 1. The maximum absolute atomic E-state index is 12.6. The highest BCUT2D eigenvalue weighted by atomic mass is 35.5. The van der Waals surface area contributed by atoms with Gasteiger partial charge in [0, 0.05) is 11.1 Å². The van der Waals surface area contributed by atoms with Crippen LogP contribution in [0.15, 0.2) is 33.6 Å². The van der Waals surface area contributed by atoms with E-state index >= 15 is 0 Å². The molecule has 0 unspecified atom stereocenters. The van der Waals surface area contributed by atoms with Gasteiger partial charge in [-0.2, -0.15) is 8.42 Å². The molecule has 25 heavy (non-hydrogen) atoms. The van der Waals surface area contributed by atoms with Gasteiger partial charge < -0.3 is 4.57 Å². The molecule has 134 valence electrons. The minimum absolute atomic E-state index is 0.0456. The molecule has 2 aromatic rings. The third-order valence-corrected chi connectivity index (χ3v) is 7.31. The highest BCUT2D eigenvalue weighted by molar-refractivity contribution is 7.90. The van der Waals surface area contributed by atoms with E-state index in [1.54, 1.807) is 4.57 Å². The van der Waals surface area contributed by atoms with Gasteiger partial charge in [-0.1, -0.05) is 53.8 Å². The highest BCUT2D eigenvalue weighted by Gasteiger charge is 2.23. The maximum Gasteiger partial charge on any atom is 0.285 e. The van der Waals surface area contributed by atoms with E-state index in [4.69, 9.17) is 23.2 Å². The monoisotopic (exact) mass is 418 g/mol. The Morgan fingerprint density at radius 1 is 1.12 bits per heavy atom. The van der Waals surface area contributed by atoms with Crippen LogP contribution in [0.4, 0.5) is 0 Å². The molecule has 0 amide bonds. The lowest BCUT2D eigenvalue weighted by molar-refractivity contribution is 0.112. The number of halogens is 2. The zero-order valence-corrected chi connectivity index (χ0v) is 16.3. The SMILES string of the molecule is O=Cc1s/c(=N\S(=O)(=O)c2ccc(Cl)cc2)n(C2CCCCC2)c1Cl. The zero-order valence-electron chi connectivity index (χ0n) is 13.2. The van der Waals surface area contributed by atoms with Gasteiger partial charge in [0.05, 0.1) is 4.90 Å². The molecule has 1 aromatic carbocycles. The van der Waals surface area contributed by atoms with Crippen molar-refractivity contribution < 1.29 is 13.2 Å². The number of hydrogen-bond acceptors (Lipinski definition) is 4. The van der Waals surface area contributed by atoms with Crippen molar-refractivity contribution in [1.29, 1.82) is 0 Å². The maximum atomic E-state index is 12.6. The standard InChI is InChI=1S/C16H16Cl2N2O3S2/c17-11-6-8-13(9-7-11)25(22,23)19-16-20(12-4-2-1-3-5-12)15(18)14(10-21)24-16/h6-10,12H,1-5H2/b19-16-. The van der Waals surface area contributed by atoms with Crippen molar-refractivity contribution in [2.45, 2.75) is 43.0 Å². The molecule has 1 saturated carbocycles. The van der Waals surface area contributed by atoms with Gasteiger partial charge in [0.25, 0.3) is 10.0 Å². The first-order chi connectivity index (χ1) is 11.9. The normalized spacial score (nSPS) is 17.0. The summed E-state index contributed by atoms with van der Waals surface area (Å²) in [5.74, 6) is 0. The average molecular weight is 419 g/mol. The molecule has 0 atom stereocenters. The quantitative estimate of drug-likeness (QED) is 0.687. The van der Waals surface area contributed by atoms with Gasteiger partial charge in [-0.25, -0.2) is 0 Å². The van der Waals surface area contributed by atoms with Gasteiger partial charge in [-0.3, -0.25) is 4.79 Å². The van der Waals surface area contributed by atoms with Crippen LogP contribution in [0.2, 0.25) is 10.2 Å². The van der Waals surface area contributed by atoms with Gasteiger partial charge in [-0.15, -0.1) is 4.40 Å². The molecule has 1 aromatic heterocycles. The van der Waals surface area contributed by atoms with Gasteiger partial charge >= 0.3 is 0 Å². The predicted octanol–water partition coefficient (Wildman–Crippen LogP) is 4.46. The molecular weight excluding hydrogens is 403 g/mol. The Balaban J connectivity index is 2.13. The smallest absolute Gasteiger partial charge is 0.285 e. The molecule has 1 fully saturated rings. The van der Waals surface area contributed by atoms with Gasteiger partial charge in [-0.05, 0) is 37.1 Å². The van der Waals surface area contributed by atoms with Crippen molar-refractivity contribution in [1.82, 2.24) is 4.57 Å². The summed E-state index contributed by atoms with van der Waals surface area (Å²) in [5.41, 5.74) is 0. The fourth-order valence-corrected chi connectivity index (χ4v) is 5.59. The van der Waals surface area contributed by atoms with Crippen molar-refractivity contribution in [3.63, 3.8) is 0 Å². The number of hydrogen-bond donors (Lipinski definition) is 0. The second kappa shape index (κ2) is 7.61. The summed E-state index contributed by atoms with van der Waals surface area (Å²) >= 11 is 13.1. The topological polar surface area (TPSA) is 68.5 Å². The molecule has 3 rings (SSSR count). The third-order valence-electron chi connectivity index (χ3n) is 4.18. The summed E-state index contributed by atoms with van der Waals surface area (Å²) in [7, 11) is -3.92. The van der Waals surface area contributed by atoms with Crippen LogP contribution in [0.3, 0.4) is 0 Å². The Labute approximate surface area is 160 Å². The summed E-state index contributed by atoms with van der Waals surface area (Å²) in [6, 6.07) is 5.86. The molecule has 1 heterocycles. The molecule has 9 heteroatoms. The molecule has 1 aliphatic carbocycles. The molecule has 0 radical (unpaired) electrons. The van der Waals surface area contributed by atoms with E-state index in [1.165, 1.54) is 24.3 Å². The number of aromatic nitrogens is 1. The first kappa shape index (κ1) is 18.6. The van der Waals surface area contributed by atoms with Gasteiger partial charge in [0.1, 0.15) is 10.0 Å². The molecular formula is C16H16Cl2N2O3S2. The fraction of sp³-hybridized carbons (Fsp3) is 0.375. The lowest BCUT2D eigenvalue weighted by Gasteiger charge is -2.23. The Morgan fingerprint density at radius 3 is 2.36 bits per heavy atom. The molecule has 1 aliphatic rings. The van der Waals surface area contributed by atoms with Gasteiger partial charge in [0.15, 0.2) is 6.29 Å². The van der Waals surface area contributed by atoms with Crippen LogP contribution in [0.1, 0.15) is 47.8 Å². The number of sulfonamides is 1. The van der Waals surface area contributed by atoms with E-state index < -0.39 is 10.0 Å². The minimum Gasteiger partial charge on any atom is -0.303 e. The van der Waals surface area contributed by atoms with Crippen LogP contribution >= 0.6 is 34.5 Å². The van der Waals surface area contributed by atoms with E-state index in [9.17, 15) is 13.2 Å². The summed E-state index contributed by atoms with van der Waals surface area (Å²) < 4.78 is 30.9. The van der Waals surface area contributed by atoms with Crippen LogP contribution in [0, 0.1) is 0 Å². The number of nitrogens with zero attached hydrogens (tertiary/aromatic N) is 2. The van der Waals surface area contributed by atoms with Crippen LogP contribution in [-0.2, 0) is 10.0 Å². The first-order valence-corrected chi connectivity index (χ1v) is 10.9. The Kier molecular flexibility index (Phi) is 5.68. The lowest BCUT2D eigenvalue weighted by atomic mass is 9.95. The Bertz CT molecular complexity index is 941. The van der Waals surface area contributed by atoms with E-state index in [-0.39, 0.29) is 25.8 Å². The van der Waals surface area contributed by atoms with Crippen molar-refractivity contribution in [3.8, 4) is 0 Å². The number of aldehydes is 1. The summed E-state index contributed by atoms with van der Waals surface area (Å²) in [6.45, 7) is 0. The van der Waals surface area contributed by atoms with Crippen molar-refractivity contribution in [3.05, 3.63) is 44.1 Å². The number of rotatable bonds is 4. The van der Waals surface area contributed by atoms with Crippen LogP contribution in [0.25, 0.3) is 0 Å². The Morgan fingerprint density at radius 2 is 1.76 bits per heavy atom. The van der Waals surface area contributed by atoms with E-state index in [1.807, 2.05) is 0 Å². The molecule has 0 aliphatic heterocycles. The molecule has 0 spiro atoms.